The van der Waals surface area contributed by atoms with Crippen LogP contribution in [-0.2, 0) is 11.0 Å². The second-order valence-corrected chi connectivity index (χ2v) is 9.44. The van der Waals surface area contributed by atoms with E-state index in [2.05, 4.69) is 10.2 Å². The lowest BCUT2D eigenvalue weighted by molar-refractivity contribution is -0.137. The second-order valence-electron chi connectivity index (χ2n) is 8.22. The van der Waals surface area contributed by atoms with Gasteiger partial charge in [0.25, 0.3) is 0 Å². The van der Waals surface area contributed by atoms with Crippen LogP contribution in [0.15, 0.2) is 24.3 Å². The minimum atomic E-state index is -4.28. The summed E-state index contributed by atoms with van der Waals surface area (Å²) in [6.45, 7) is 4.40. The molecule has 0 spiro atoms. The molecule has 3 aliphatic rings. The van der Waals surface area contributed by atoms with Crippen LogP contribution in [-0.4, -0.2) is 72.0 Å². The predicted octanol–water partition coefficient (Wildman–Crippen LogP) is 3.19. The van der Waals surface area contributed by atoms with Gasteiger partial charge in [-0.15, -0.1) is 0 Å². The molecular weight excluding hydrogens is 399 g/mol. The molecule has 3 saturated heterocycles. The van der Waals surface area contributed by atoms with E-state index in [0.29, 0.717) is 12.0 Å². The van der Waals surface area contributed by atoms with Crippen LogP contribution in [0.5, 0.6) is 0 Å². The van der Waals surface area contributed by atoms with E-state index in [4.69, 9.17) is 0 Å². The van der Waals surface area contributed by atoms with E-state index < -0.39 is 11.7 Å². The Bertz CT molecular complexity index is 698. The lowest BCUT2D eigenvalue weighted by Gasteiger charge is -2.36. The number of hydrogen-bond donors (Lipinski definition) is 1. The molecule has 0 saturated carbocycles. The number of nitrogens with one attached hydrogen (secondary N) is 1. The molecule has 3 aliphatic heterocycles. The molecule has 1 aromatic rings. The topological polar surface area (TPSA) is 35.6 Å². The van der Waals surface area contributed by atoms with Crippen molar-refractivity contribution in [1.82, 2.24) is 15.1 Å². The van der Waals surface area contributed by atoms with Crippen LogP contribution in [0, 0.1) is 0 Å². The Morgan fingerprint density at radius 1 is 1.03 bits per heavy atom. The summed E-state index contributed by atoms with van der Waals surface area (Å²) in [5.41, 5.74) is 0.414. The highest BCUT2D eigenvalue weighted by atomic mass is 32.2. The van der Waals surface area contributed by atoms with Gasteiger partial charge in [0, 0.05) is 37.2 Å². The number of nitrogens with zero attached hydrogens (tertiary/aromatic N) is 2. The van der Waals surface area contributed by atoms with Crippen molar-refractivity contribution in [1.29, 1.82) is 0 Å². The van der Waals surface area contributed by atoms with Crippen LogP contribution in [0.2, 0.25) is 0 Å². The normalized spacial score (nSPS) is 27.3. The fourth-order valence-corrected chi connectivity index (χ4v) is 5.63. The standard InChI is InChI=1S/C21H28F3N3OS/c22-21(23,24)17-3-1-15(2-4-17)16-5-7-26(8-6-16)18-13-19(25-14-18)20(28)27-9-11-29-12-10-27/h1-4,16,18-19,25H,5-14H2/t18-,19-/m0/s1. The van der Waals surface area contributed by atoms with Crippen LogP contribution in [0.4, 0.5) is 13.2 Å². The molecule has 3 fully saturated rings. The fraction of sp³-hybridized carbons (Fsp3) is 0.667. The molecule has 2 atom stereocenters. The first-order valence-corrected chi connectivity index (χ1v) is 11.6. The van der Waals surface area contributed by atoms with Crippen molar-refractivity contribution in [3.8, 4) is 0 Å². The van der Waals surface area contributed by atoms with Crippen molar-refractivity contribution in [3.05, 3.63) is 35.4 Å². The third-order valence-electron chi connectivity index (χ3n) is 6.48. The first kappa shape index (κ1) is 21.0. The molecule has 8 heteroatoms. The zero-order valence-corrected chi connectivity index (χ0v) is 17.3. The minimum absolute atomic E-state index is 0.0734. The molecule has 160 valence electrons. The molecule has 0 unspecified atom stereocenters. The quantitative estimate of drug-likeness (QED) is 0.804. The van der Waals surface area contributed by atoms with Gasteiger partial charge in [0.1, 0.15) is 0 Å². The number of thioether (sulfide) groups is 1. The van der Waals surface area contributed by atoms with E-state index in [-0.39, 0.29) is 11.9 Å². The summed E-state index contributed by atoms with van der Waals surface area (Å²) in [7, 11) is 0. The first-order chi connectivity index (χ1) is 13.9. The van der Waals surface area contributed by atoms with Gasteiger partial charge in [-0.05, 0) is 56.0 Å². The molecule has 0 bridgehead atoms. The SMILES string of the molecule is O=C([C@@H]1C[C@H](N2CCC(c3ccc(C(F)(F)F)cc3)CC2)CN1)N1CCSCC1. The number of amides is 1. The van der Waals surface area contributed by atoms with Crippen LogP contribution < -0.4 is 5.32 Å². The number of halogens is 3. The molecule has 1 amide bonds. The number of likely N-dealkylation sites (tertiary alicyclic amines) is 1. The second kappa shape index (κ2) is 8.86. The van der Waals surface area contributed by atoms with Crippen LogP contribution >= 0.6 is 11.8 Å². The number of hydrogen-bond acceptors (Lipinski definition) is 4. The predicted molar refractivity (Wildman–Crippen MR) is 109 cm³/mol. The zero-order valence-electron chi connectivity index (χ0n) is 16.5. The highest BCUT2D eigenvalue weighted by Gasteiger charge is 2.37. The van der Waals surface area contributed by atoms with E-state index in [1.54, 1.807) is 12.1 Å². The fourth-order valence-electron chi connectivity index (χ4n) is 4.73. The molecule has 4 rings (SSSR count). The van der Waals surface area contributed by atoms with Gasteiger partial charge in [-0.25, -0.2) is 0 Å². The third kappa shape index (κ3) is 4.91. The Hall–Kier alpha value is -1.25. The Labute approximate surface area is 174 Å². The van der Waals surface area contributed by atoms with E-state index >= 15 is 0 Å². The molecule has 0 radical (unpaired) electrons. The van der Waals surface area contributed by atoms with Gasteiger partial charge < -0.3 is 10.2 Å². The van der Waals surface area contributed by atoms with E-state index in [9.17, 15) is 18.0 Å². The monoisotopic (exact) mass is 427 g/mol. The van der Waals surface area contributed by atoms with Gasteiger partial charge in [0.2, 0.25) is 5.91 Å². The maximum Gasteiger partial charge on any atom is 0.416 e. The number of alkyl halides is 3. The molecular formula is C21H28F3N3OS. The summed E-state index contributed by atoms with van der Waals surface area (Å²) in [4.78, 5) is 17.2. The molecule has 1 N–H and O–H groups in total. The van der Waals surface area contributed by atoms with Crippen molar-refractivity contribution in [3.63, 3.8) is 0 Å². The highest BCUT2D eigenvalue weighted by Crippen LogP contribution is 2.33. The summed E-state index contributed by atoms with van der Waals surface area (Å²) in [5.74, 6) is 2.61. The molecule has 29 heavy (non-hydrogen) atoms. The van der Waals surface area contributed by atoms with Gasteiger partial charge in [-0.1, -0.05) is 12.1 Å². The molecule has 4 nitrogen and oxygen atoms in total. The Kier molecular flexibility index (Phi) is 6.41. The zero-order chi connectivity index (χ0) is 20.4. The maximum absolute atomic E-state index is 12.8. The van der Waals surface area contributed by atoms with Crippen LogP contribution in [0.25, 0.3) is 0 Å². The Morgan fingerprint density at radius 3 is 2.31 bits per heavy atom. The smallest absolute Gasteiger partial charge is 0.340 e. The number of benzene rings is 1. The van der Waals surface area contributed by atoms with Crippen molar-refractivity contribution in [2.45, 2.75) is 43.4 Å². The number of carbonyl (C=O) groups is 1. The van der Waals surface area contributed by atoms with E-state index in [1.165, 1.54) is 12.1 Å². The number of rotatable bonds is 3. The molecule has 0 aromatic heterocycles. The lowest BCUT2D eigenvalue weighted by atomic mass is 9.88. The van der Waals surface area contributed by atoms with Crippen LogP contribution in [0.1, 0.15) is 36.3 Å². The largest absolute Gasteiger partial charge is 0.416 e. The van der Waals surface area contributed by atoms with Gasteiger partial charge in [-0.3, -0.25) is 9.69 Å². The van der Waals surface area contributed by atoms with Gasteiger partial charge in [-0.2, -0.15) is 24.9 Å². The summed E-state index contributed by atoms with van der Waals surface area (Å²) >= 11 is 1.90. The van der Waals surface area contributed by atoms with Gasteiger partial charge in [0.05, 0.1) is 11.6 Å². The van der Waals surface area contributed by atoms with Crippen molar-refractivity contribution in [2.24, 2.45) is 0 Å². The van der Waals surface area contributed by atoms with Crippen LogP contribution in [0.3, 0.4) is 0 Å². The van der Waals surface area contributed by atoms with Gasteiger partial charge in [0.15, 0.2) is 0 Å². The van der Waals surface area contributed by atoms with E-state index in [1.807, 2.05) is 16.7 Å². The minimum Gasteiger partial charge on any atom is -0.340 e. The summed E-state index contributed by atoms with van der Waals surface area (Å²) in [6, 6.07) is 5.94. The summed E-state index contributed by atoms with van der Waals surface area (Å²) < 4.78 is 38.3. The average Bonchev–Trinajstić information content (AvgIpc) is 3.24. The number of piperidine rings is 1. The number of carbonyl (C=O) groups excluding carboxylic acids is 1. The maximum atomic E-state index is 12.8. The average molecular weight is 428 g/mol. The summed E-state index contributed by atoms with van der Waals surface area (Å²) in [6.07, 6.45) is -1.53. The highest BCUT2D eigenvalue weighted by molar-refractivity contribution is 7.99. The van der Waals surface area contributed by atoms with Crippen molar-refractivity contribution in [2.75, 3.05) is 44.2 Å². The third-order valence-corrected chi connectivity index (χ3v) is 7.43. The van der Waals surface area contributed by atoms with Crippen molar-refractivity contribution < 1.29 is 18.0 Å². The Balaban J connectivity index is 1.27. The summed E-state index contributed by atoms with van der Waals surface area (Å²) in [5, 5.41) is 3.42. The first-order valence-electron chi connectivity index (χ1n) is 10.4. The van der Waals surface area contributed by atoms with E-state index in [0.717, 1.165) is 69.1 Å². The molecule has 1 aromatic carbocycles. The molecule has 0 aliphatic carbocycles. The molecule has 3 heterocycles. The lowest BCUT2D eigenvalue weighted by Crippen LogP contribution is -2.47. The van der Waals surface area contributed by atoms with Gasteiger partial charge >= 0.3 is 6.18 Å². The van der Waals surface area contributed by atoms with Crippen molar-refractivity contribution >= 4 is 17.7 Å². The Morgan fingerprint density at radius 2 is 1.69 bits per heavy atom.